The van der Waals surface area contributed by atoms with E-state index >= 15 is 0 Å². The Hall–Kier alpha value is -3.14. The molecule has 0 fully saturated rings. The van der Waals surface area contributed by atoms with E-state index in [0.29, 0.717) is 41.2 Å². The van der Waals surface area contributed by atoms with E-state index in [9.17, 15) is 22.5 Å². The van der Waals surface area contributed by atoms with Crippen molar-refractivity contribution in [3.8, 4) is 16.9 Å². The average molecular weight is 501 g/mol. The number of benzene rings is 3. The average Bonchev–Trinajstić information content (AvgIpc) is 3.49. The molecule has 0 saturated carbocycles. The number of fused-ring (bicyclic) bond motifs is 2. The molecule has 0 saturated heterocycles. The molecule has 182 valence electrons. The molecule has 2 heterocycles. The summed E-state index contributed by atoms with van der Waals surface area (Å²) in [5, 5.41) is 11.0. The lowest BCUT2D eigenvalue weighted by atomic mass is 10.0. The van der Waals surface area contributed by atoms with Gasteiger partial charge in [0.05, 0.1) is 23.7 Å². The number of H-pyrrole nitrogens is 1. The highest BCUT2D eigenvalue weighted by Crippen LogP contribution is 2.37. The van der Waals surface area contributed by atoms with Crippen LogP contribution in [0.25, 0.3) is 22.0 Å². The van der Waals surface area contributed by atoms with Gasteiger partial charge < -0.3 is 14.8 Å². The van der Waals surface area contributed by atoms with Crippen LogP contribution in [0.2, 0.25) is 0 Å². The second kappa shape index (κ2) is 9.49. The number of ether oxygens (including phenoxy) is 1. The predicted octanol–water partition coefficient (Wildman–Crippen LogP) is 5.00. The first-order valence-corrected chi connectivity index (χ1v) is 12.3. The number of para-hydroxylation sites is 1. The minimum Gasteiger partial charge on any atom is -0.492 e. The molecular weight excluding hydrogens is 477 g/mol. The second-order valence-electron chi connectivity index (χ2n) is 8.47. The lowest BCUT2D eigenvalue weighted by Crippen LogP contribution is -2.36. The number of halogens is 3. The van der Waals surface area contributed by atoms with Crippen LogP contribution >= 0.6 is 0 Å². The Labute approximate surface area is 202 Å². The van der Waals surface area contributed by atoms with Crippen molar-refractivity contribution in [2.75, 3.05) is 13.2 Å². The van der Waals surface area contributed by atoms with Gasteiger partial charge in [0.15, 0.2) is 0 Å². The minimum atomic E-state index is -4.41. The van der Waals surface area contributed by atoms with Gasteiger partial charge in [-0.2, -0.15) is 13.2 Å². The van der Waals surface area contributed by atoms with Gasteiger partial charge in [-0.1, -0.05) is 30.3 Å². The third kappa shape index (κ3) is 4.84. The maximum absolute atomic E-state index is 13.4. The zero-order chi connectivity index (χ0) is 24.6. The highest BCUT2D eigenvalue weighted by atomic mass is 32.2. The van der Waals surface area contributed by atoms with Crippen LogP contribution in [-0.4, -0.2) is 33.6 Å². The van der Waals surface area contributed by atoms with Crippen molar-refractivity contribution in [3.05, 3.63) is 83.6 Å². The molecule has 3 aromatic carbocycles. The molecule has 1 aliphatic heterocycles. The number of aromatic nitrogens is 1. The van der Waals surface area contributed by atoms with Gasteiger partial charge in [0.25, 0.3) is 0 Å². The van der Waals surface area contributed by atoms with Crippen LogP contribution in [0.4, 0.5) is 13.2 Å². The summed E-state index contributed by atoms with van der Waals surface area (Å²) in [6.07, 6.45) is -1.46. The molecular formula is C26H23F3N2O3S. The zero-order valence-electron chi connectivity index (χ0n) is 18.6. The SMILES string of the molecule is O=S(N[C@@H](CO)Cc1c[nH]c2ccccc12)c1cc(-c2ccc(C(F)(F)F)cc2)cc2c1OCC2. The van der Waals surface area contributed by atoms with Crippen molar-refractivity contribution in [1.29, 1.82) is 0 Å². The standard InChI is InChI=1S/C26H23F3N2O3S/c27-26(28,29)20-7-5-16(6-8-20)18-11-17-9-10-34-25(17)24(13-18)35(33)31-21(15-32)12-19-14-30-23-4-2-1-3-22(19)23/h1-8,11,13-14,21,30-32H,9-10,12,15H2/t21-,35?/m1/s1. The van der Waals surface area contributed by atoms with Crippen LogP contribution in [0.1, 0.15) is 16.7 Å². The summed E-state index contributed by atoms with van der Waals surface area (Å²) in [6.45, 7) is 0.210. The van der Waals surface area contributed by atoms with Crippen LogP contribution in [0.3, 0.4) is 0 Å². The van der Waals surface area contributed by atoms with Gasteiger partial charge in [-0.05, 0) is 59.0 Å². The Kier molecular flexibility index (Phi) is 6.39. The molecule has 9 heteroatoms. The highest BCUT2D eigenvalue weighted by molar-refractivity contribution is 7.83. The highest BCUT2D eigenvalue weighted by Gasteiger charge is 2.30. The van der Waals surface area contributed by atoms with E-state index in [4.69, 9.17) is 4.74 Å². The molecule has 0 amide bonds. The van der Waals surface area contributed by atoms with Crippen LogP contribution in [0.15, 0.2) is 71.8 Å². The van der Waals surface area contributed by atoms with E-state index < -0.39 is 28.8 Å². The Bertz CT molecular complexity index is 1380. The van der Waals surface area contributed by atoms with Crippen molar-refractivity contribution in [3.63, 3.8) is 0 Å². The number of rotatable bonds is 7. The molecule has 0 radical (unpaired) electrons. The van der Waals surface area contributed by atoms with Gasteiger partial charge in [-0.15, -0.1) is 0 Å². The molecule has 1 aromatic heterocycles. The summed E-state index contributed by atoms with van der Waals surface area (Å²) < 4.78 is 61.0. The fourth-order valence-electron chi connectivity index (χ4n) is 4.35. The molecule has 5 nitrogen and oxygen atoms in total. The summed E-state index contributed by atoms with van der Waals surface area (Å²) in [5.74, 6) is 0.523. The lowest BCUT2D eigenvalue weighted by Gasteiger charge is -2.17. The predicted molar refractivity (Wildman–Crippen MR) is 128 cm³/mol. The van der Waals surface area contributed by atoms with Crippen LogP contribution < -0.4 is 9.46 Å². The minimum absolute atomic E-state index is 0.229. The molecule has 35 heavy (non-hydrogen) atoms. The molecule has 1 aliphatic rings. The maximum Gasteiger partial charge on any atom is 0.416 e. The Morgan fingerprint density at radius 2 is 1.86 bits per heavy atom. The van der Waals surface area contributed by atoms with Gasteiger partial charge >= 0.3 is 6.18 Å². The molecule has 1 unspecified atom stereocenters. The third-order valence-electron chi connectivity index (χ3n) is 6.13. The molecule has 0 spiro atoms. The molecule has 4 aromatic rings. The first-order valence-electron chi connectivity index (χ1n) is 11.1. The second-order valence-corrected chi connectivity index (χ2v) is 9.68. The molecule has 0 bridgehead atoms. The fraction of sp³-hybridized carbons (Fsp3) is 0.231. The first-order chi connectivity index (χ1) is 16.8. The van der Waals surface area contributed by atoms with E-state index in [1.165, 1.54) is 12.1 Å². The van der Waals surface area contributed by atoms with Gasteiger partial charge in [0.2, 0.25) is 0 Å². The number of aliphatic hydroxyl groups excluding tert-OH is 1. The van der Waals surface area contributed by atoms with E-state index in [1.807, 2.05) is 36.5 Å². The number of hydrogen-bond donors (Lipinski definition) is 3. The number of aliphatic hydroxyl groups is 1. The molecule has 5 rings (SSSR count). The van der Waals surface area contributed by atoms with E-state index in [2.05, 4.69) is 9.71 Å². The summed E-state index contributed by atoms with van der Waals surface area (Å²) in [6, 6.07) is 15.8. The van der Waals surface area contributed by atoms with Gasteiger partial charge in [0.1, 0.15) is 16.7 Å². The first kappa shape index (κ1) is 23.6. The van der Waals surface area contributed by atoms with E-state index in [0.717, 1.165) is 34.2 Å². The number of aromatic amines is 1. The molecule has 0 aliphatic carbocycles. The summed E-state index contributed by atoms with van der Waals surface area (Å²) in [4.78, 5) is 3.61. The molecule has 2 atom stereocenters. The smallest absolute Gasteiger partial charge is 0.416 e. The number of hydrogen-bond acceptors (Lipinski definition) is 3. The lowest BCUT2D eigenvalue weighted by molar-refractivity contribution is -0.137. The number of nitrogens with one attached hydrogen (secondary N) is 2. The largest absolute Gasteiger partial charge is 0.492 e. The third-order valence-corrected chi connectivity index (χ3v) is 7.38. The van der Waals surface area contributed by atoms with Gasteiger partial charge in [-0.25, -0.2) is 8.93 Å². The monoisotopic (exact) mass is 500 g/mol. The van der Waals surface area contributed by atoms with Crippen molar-refractivity contribution in [1.82, 2.24) is 9.71 Å². The van der Waals surface area contributed by atoms with Gasteiger partial charge in [-0.3, -0.25) is 0 Å². The summed E-state index contributed by atoms with van der Waals surface area (Å²) in [5.41, 5.74) is 3.35. The zero-order valence-corrected chi connectivity index (χ0v) is 19.4. The fourth-order valence-corrected chi connectivity index (χ4v) is 5.53. The van der Waals surface area contributed by atoms with Crippen LogP contribution in [0, 0.1) is 0 Å². The maximum atomic E-state index is 13.4. The van der Waals surface area contributed by atoms with Crippen molar-refractivity contribution < 1.29 is 27.2 Å². The normalized spacial score (nSPS) is 15.1. The molecule has 3 N–H and O–H groups in total. The quantitative estimate of drug-likeness (QED) is 0.334. The van der Waals surface area contributed by atoms with E-state index in [1.54, 1.807) is 6.07 Å². The number of alkyl halides is 3. The van der Waals surface area contributed by atoms with Crippen LogP contribution in [-0.2, 0) is 30.0 Å². The van der Waals surface area contributed by atoms with Crippen molar-refractivity contribution in [2.24, 2.45) is 0 Å². The Balaban J connectivity index is 1.41. The van der Waals surface area contributed by atoms with Crippen LogP contribution in [0.5, 0.6) is 5.75 Å². The summed E-state index contributed by atoms with van der Waals surface area (Å²) >= 11 is 0. The Morgan fingerprint density at radius 3 is 2.60 bits per heavy atom. The Morgan fingerprint density at radius 1 is 1.09 bits per heavy atom. The van der Waals surface area contributed by atoms with Crippen molar-refractivity contribution >= 4 is 21.9 Å². The summed E-state index contributed by atoms with van der Waals surface area (Å²) in [7, 11) is -1.72. The van der Waals surface area contributed by atoms with Crippen molar-refractivity contribution in [2.45, 2.75) is 30.0 Å². The van der Waals surface area contributed by atoms with Gasteiger partial charge in [0, 0.05) is 29.6 Å². The topological polar surface area (TPSA) is 74.4 Å². The van der Waals surface area contributed by atoms with E-state index in [-0.39, 0.29) is 6.61 Å².